The Kier molecular flexibility index (Phi) is 3.70. The first-order valence-corrected chi connectivity index (χ1v) is 6.38. The molecule has 1 aromatic carbocycles. The van der Waals surface area contributed by atoms with Gasteiger partial charge in [-0.1, -0.05) is 20.8 Å². The molecule has 2 rings (SSSR count). The van der Waals surface area contributed by atoms with Gasteiger partial charge in [0.15, 0.2) is 11.5 Å². The van der Waals surface area contributed by atoms with Crippen LogP contribution in [-0.4, -0.2) is 31.3 Å². The molecule has 20 heavy (non-hydrogen) atoms. The minimum Gasteiger partial charge on any atom is -0.493 e. The van der Waals surface area contributed by atoms with Gasteiger partial charge in [-0.25, -0.2) is 9.97 Å². The summed E-state index contributed by atoms with van der Waals surface area (Å²) in [6, 6.07) is 1.90. The minimum absolute atomic E-state index is 0.105. The van der Waals surface area contributed by atoms with E-state index in [1.165, 1.54) is 0 Å². The molecule has 0 fully saturated rings. The lowest BCUT2D eigenvalue weighted by atomic mass is 9.89. The minimum atomic E-state index is -0.105. The van der Waals surface area contributed by atoms with Gasteiger partial charge in [0.05, 0.1) is 27.0 Å². The Labute approximate surface area is 118 Å². The first-order valence-electron chi connectivity index (χ1n) is 6.38. The van der Waals surface area contributed by atoms with Crippen molar-refractivity contribution in [2.24, 2.45) is 0 Å². The predicted molar refractivity (Wildman–Crippen MR) is 77.9 cm³/mol. The third-order valence-electron chi connectivity index (χ3n) is 3.14. The average Bonchev–Trinajstić information content (AvgIpc) is 2.43. The molecular formula is C15H20N2O3. The van der Waals surface area contributed by atoms with Gasteiger partial charge in [0.2, 0.25) is 5.75 Å². The average molecular weight is 276 g/mol. The van der Waals surface area contributed by atoms with Gasteiger partial charge in [-0.15, -0.1) is 0 Å². The van der Waals surface area contributed by atoms with Gasteiger partial charge >= 0.3 is 0 Å². The molecule has 5 heteroatoms. The first kappa shape index (κ1) is 14.4. The zero-order valence-corrected chi connectivity index (χ0v) is 12.8. The molecular weight excluding hydrogens is 256 g/mol. The summed E-state index contributed by atoms with van der Waals surface area (Å²) in [5.41, 5.74) is 1.57. The van der Waals surface area contributed by atoms with Gasteiger partial charge < -0.3 is 14.2 Å². The van der Waals surface area contributed by atoms with E-state index in [9.17, 15) is 0 Å². The molecule has 0 saturated heterocycles. The molecule has 1 aromatic heterocycles. The van der Waals surface area contributed by atoms with E-state index in [2.05, 4.69) is 30.7 Å². The molecule has 0 aliphatic rings. The summed E-state index contributed by atoms with van der Waals surface area (Å²) in [6.45, 7) is 6.33. The van der Waals surface area contributed by atoms with Crippen molar-refractivity contribution in [3.63, 3.8) is 0 Å². The number of hydrogen-bond acceptors (Lipinski definition) is 5. The van der Waals surface area contributed by atoms with Crippen molar-refractivity contribution in [2.45, 2.75) is 26.2 Å². The second-order valence-corrected chi connectivity index (χ2v) is 5.51. The number of methoxy groups -OCH3 is 3. The van der Waals surface area contributed by atoms with Crippen molar-refractivity contribution < 1.29 is 14.2 Å². The molecule has 0 N–H and O–H groups in total. The fourth-order valence-corrected chi connectivity index (χ4v) is 2.26. The van der Waals surface area contributed by atoms with Gasteiger partial charge in [-0.05, 0) is 6.07 Å². The van der Waals surface area contributed by atoms with Gasteiger partial charge in [-0.2, -0.15) is 0 Å². The fraction of sp³-hybridized carbons (Fsp3) is 0.467. The third-order valence-corrected chi connectivity index (χ3v) is 3.14. The lowest BCUT2D eigenvalue weighted by Crippen LogP contribution is -2.14. The fourth-order valence-electron chi connectivity index (χ4n) is 2.26. The van der Waals surface area contributed by atoms with Crippen LogP contribution in [0.3, 0.4) is 0 Å². The van der Waals surface area contributed by atoms with E-state index in [0.717, 1.165) is 16.6 Å². The van der Waals surface area contributed by atoms with Crippen molar-refractivity contribution in [1.29, 1.82) is 0 Å². The summed E-state index contributed by atoms with van der Waals surface area (Å²) in [4.78, 5) is 8.76. The van der Waals surface area contributed by atoms with Crippen molar-refractivity contribution in [2.75, 3.05) is 21.3 Å². The zero-order valence-electron chi connectivity index (χ0n) is 12.8. The lowest BCUT2D eigenvalue weighted by molar-refractivity contribution is 0.326. The van der Waals surface area contributed by atoms with E-state index >= 15 is 0 Å². The number of ether oxygens (including phenoxy) is 3. The molecule has 0 amide bonds. The largest absolute Gasteiger partial charge is 0.493 e. The number of nitrogens with zero attached hydrogens (tertiary/aromatic N) is 2. The van der Waals surface area contributed by atoms with Gasteiger partial charge in [0.1, 0.15) is 11.8 Å². The predicted octanol–water partition coefficient (Wildman–Crippen LogP) is 2.95. The monoisotopic (exact) mass is 276 g/mol. The summed E-state index contributed by atoms with van der Waals surface area (Å²) in [6.07, 6.45) is 1.55. The number of hydrogen-bond donors (Lipinski definition) is 0. The summed E-state index contributed by atoms with van der Waals surface area (Å²) >= 11 is 0. The molecule has 1 heterocycles. The summed E-state index contributed by atoms with van der Waals surface area (Å²) in [5.74, 6) is 1.72. The maximum atomic E-state index is 5.46. The Hall–Kier alpha value is -2.04. The molecule has 0 spiro atoms. The standard InChI is InChI=1S/C15H20N2O3/c1-15(2,3)14-9-7-10(18-4)12(19-5)13(20-6)11(9)16-8-17-14/h7-8H,1-6H3. The number of fused-ring (bicyclic) bond motifs is 1. The third kappa shape index (κ3) is 2.24. The quantitative estimate of drug-likeness (QED) is 0.862. The maximum Gasteiger partial charge on any atom is 0.205 e. The van der Waals surface area contributed by atoms with E-state index < -0.39 is 0 Å². The number of rotatable bonds is 3. The van der Waals surface area contributed by atoms with Gasteiger partial charge in [0, 0.05) is 10.8 Å². The van der Waals surface area contributed by atoms with E-state index in [4.69, 9.17) is 14.2 Å². The first-order chi connectivity index (χ1) is 9.43. The normalized spacial score (nSPS) is 11.5. The van der Waals surface area contributed by atoms with Crippen molar-refractivity contribution >= 4 is 10.9 Å². The van der Waals surface area contributed by atoms with Crippen LogP contribution < -0.4 is 14.2 Å². The van der Waals surface area contributed by atoms with Gasteiger partial charge in [-0.3, -0.25) is 0 Å². The van der Waals surface area contributed by atoms with E-state index in [0.29, 0.717) is 17.2 Å². The zero-order chi connectivity index (χ0) is 14.9. The molecule has 2 aromatic rings. The topological polar surface area (TPSA) is 53.5 Å². The Balaban J connectivity index is 2.91. The van der Waals surface area contributed by atoms with E-state index in [1.807, 2.05) is 6.07 Å². The summed E-state index contributed by atoms with van der Waals surface area (Å²) < 4.78 is 16.2. The Morgan fingerprint density at radius 1 is 0.900 bits per heavy atom. The molecule has 0 radical (unpaired) electrons. The van der Waals surface area contributed by atoms with E-state index in [-0.39, 0.29) is 5.41 Å². The van der Waals surface area contributed by atoms with Crippen molar-refractivity contribution in [3.05, 3.63) is 18.1 Å². The van der Waals surface area contributed by atoms with Crippen LogP contribution in [0.1, 0.15) is 26.5 Å². The molecule has 0 unspecified atom stereocenters. The smallest absolute Gasteiger partial charge is 0.205 e. The molecule has 0 saturated carbocycles. The van der Waals surface area contributed by atoms with Crippen LogP contribution >= 0.6 is 0 Å². The molecule has 0 aliphatic heterocycles. The van der Waals surface area contributed by atoms with E-state index in [1.54, 1.807) is 27.7 Å². The highest BCUT2D eigenvalue weighted by Crippen LogP contribution is 2.44. The Morgan fingerprint density at radius 2 is 1.55 bits per heavy atom. The van der Waals surface area contributed by atoms with Crippen molar-refractivity contribution in [1.82, 2.24) is 9.97 Å². The second kappa shape index (κ2) is 5.15. The second-order valence-electron chi connectivity index (χ2n) is 5.51. The lowest BCUT2D eigenvalue weighted by Gasteiger charge is -2.21. The molecule has 5 nitrogen and oxygen atoms in total. The van der Waals surface area contributed by atoms with Crippen LogP contribution in [0.5, 0.6) is 17.2 Å². The Bertz CT molecular complexity index is 633. The number of aromatic nitrogens is 2. The van der Waals surface area contributed by atoms with Crippen LogP contribution in [-0.2, 0) is 5.41 Å². The van der Waals surface area contributed by atoms with Crippen LogP contribution in [0.15, 0.2) is 12.4 Å². The summed E-state index contributed by atoms with van der Waals surface area (Å²) in [7, 11) is 4.78. The SMILES string of the molecule is COc1cc2c(C(C)(C)C)ncnc2c(OC)c1OC. The Morgan fingerprint density at radius 3 is 2.05 bits per heavy atom. The highest BCUT2D eigenvalue weighted by molar-refractivity contribution is 5.91. The molecule has 0 bridgehead atoms. The molecule has 108 valence electrons. The van der Waals surface area contributed by atoms with Crippen LogP contribution in [0.4, 0.5) is 0 Å². The summed E-state index contributed by atoms with van der Waals surface area (Å²) in [5, 5.41) is 0.912. The molecule has 0 aliphatic carbocycles. The maximum absolute atomic E-state index is 5.46. The van der Waals surface area contributed by atoms with Crippen LogP contribution in [0.2, 0.25) is 0 Å². The highest BCUT2D eigenvalue weighted by Gasteiger charge is 2.24. The van der Waals surface area contributed by atoms with Crippen LogP contribution in [0.25, 0.3) is 10.9 Å². The molecule has 0 atom stereocenters. The highest BCUT2D eigenvalue weighted by atomic mass is 16.5. The van der Waals surface area contributed by atoms with Gasteiger partial charge in [0.25, 0.3) is 0 Å². The van der Waals surface area contributed by atoms with Crippen LogP contribution in [0, 0.1) is 0 Å². The van der Waals surface area contributed by atoms with Crippen molar-refractivity contribution in [3.8, 4) is 17.2 Å². The number of benzene rings is 1.